The Morgan fingerprint density at radius 1 is 1.25 bits per heavy atom. The first kappa shape index (κ1) is 15.3. The van der Waals surface area contributed by atoms with E-state index in [0.29, 0.717) is 30.2 Å². The van der Waals surface area contributed by atoms with E-state index in [2.05, 4.69) is 4.90 Å². The maximum absolute atomic E-state index is 12.3. The van der Waals surface area contributed by atoms with E-state index in [9.17, 15) is 9.90 Å². The normalized spacial score (nSPS) is 18.1. The Bertz CT molecular complexity index is 442. The summed E-state index contributed by atoms with van der Waals surface area (Å²) in [6.45, 7) is 5.72. The Labute approximate surface area is 124 Å². The topological polar surface area (TPSA) is 43.8 Å². The maximum atomic E-state index is 12.3. The van der Waals surface area contributed by atoms with Crippen LogP contribution in [0.4, 0.5) is 0 Å². The van der Waals surface area contributed by atoms with E-state index >= 15 is 0 Å². The molecule has 1 aromatic rings. The Hall–Kier alpha value is -1.10. The largest absolute Gasteiger partial charge is 0.392 e. The lowest BCUT2D eigenvalue weighted by molar-refractivity contribution is 0.0524. The van der Waals surface area contributed by atoms with Gasteiger partial charge in [-0.3, -0.25) is 9.69 Å². The molecule has 2 rings (SSSR count). The third kappa shape index (κ3) is 3.95. The first-order chi connectivity index (χ1) is 9.60. The van der Waals surface area contributed by atoms with Gasteiger partial charge in [-0.25, -0.2) is 0 Å². The third-order valence-corrected chi connectivity index (χ3v) is 3.94. The second-order valence-electron chi connectivity index (χ2n) is 5.16. The van der Waals surface area contributed by atoms with Crippen LogP contribution in [-0.2, 0) is 0 Å². The molecule has 0 aliphatic carbocycles. The summed E-state index contributed by atoms with van der Waals surface area (Å²) in [6.07, 6.45) is 0.498. The fourth-order valence-electron chi connectivity index (χ4n) is 2.34. The van der Waals surface area contributed by atoms with E-state index in [1.807, 2.05) is 11.8 Å². The second-order valence-corrected chi connectivity index (χ2v) is 5.60. The highest BCUT2D eigenvalue weighted by molar-refractivity contribution is 6.30. The van der Waals surface area contributed by atoms with Crippen molar-refractivity contribution in [2.24, 2.45) is 0 Å². The van der Waals surface area contributed by atoms with E-state index in [0.717, 1.165) is 19.5 Å². The van der Waals surface area contributed by atoms with E-state index in [-0.39, 0.29) is 12.0 Å². The van der Waals surface area contributed by atoms with Crippen molar-refractivity contribution in [1.82, 2.24) is 9.80 Å². The molecule has 0 bridgehead atoms. The highest BCUT2D eigenvalue weighted by atomic mass is 35.5. The summed E-state index contributed by atoms with van der Waals surface area (Å²) in [7, 11) is 0. The predicted octanol–water partition coefficient (Wildman–Crippen LogP) is 1.87. The number of nitrogens with zero attached hydrogens (tertiary/aromatic N) is 2. The molecule has 20 heavy (non-hydrogen) atoms. The lowest BCUT2D eigenvalue weighted by Gasteiger charge is -2.35. The summed E-state index contributed by atoms with van der Waals surface area (Å²) < 4.78 is 0. The van der Waals surface area contributed by atoms with Crippen molar-refractivity contribution in [3.63, 3.8) is 0 Å². The standard InChI is InChI=1S/C15H21ClN2O2/c1-2-14(19)11-17-7-9-18(10-8-17)15(20)12-3-5-13(16)6-4-12/h3-6,14,19H,2,7-11H2,1H3. The van der Waals surface area contributed by atoms with Gasteiger partial charge in [0.25, 0.3) is 5.91 Å². The molecule has 1 unspecified atom stereocenters. The Morgan fingerprint density at radius 3 is 2.40 bits per heavy atom. The van der Waals surface area contributed by atoms with Crippen molar-refractivity contribution in [2.75, 3.05) is 32.7 Å². The molecule has 1 N–H and O–H groups in total. The average Bonchev–Trinajstić information content (AvgIpc) is 2.48. The van der Waals surface area contributed by atoms with Gasteiger partial charge in [0.2, 0.25) is 0 Å². The van der Waals surface area contributed by atoms with Crippen molar-refractivity contribution in [3.05, 3.63) is 34.9 Å². The first-order valence-corrected chi connectivity index (χ1v) is 7.43. The van der Waals surface area contributed by atoms with Crippen LogP contribution in [0.5, 0.6) is 0 Å². The number of hydrogen-bond donors (Lipinski definition) is 1. The number of aliphatic hydroxyl groups is 1. The predicted molar refractivity (Wildman–Crippen MR) is 80.1 cm³/mol. The van der Waals surface area contributed by atoms with Gasteiger partial charge >= 0.3 is 0 Å². The van der Waals surface area contributed by atoms with Crippen molar-refractivity contribution >= 4 is 17.5 Å². The quantitative estimate of drug-likeness (QED) is 0.922. The van der Waals surface area contributed by atoms with Gasteiger partial charge in [0.15, 0.2) is 0 Å². The number of amides is 1. The SMILES string of the molecule is CCC(O)CN1CCN(C(=O)c2ccc(Cl)cc2)CC1. The molecule has 1 aliphatic rings. The van der Waals surface area contributed by atoms with Gasteiger partial charge in [-0.05, 0) is 30.7 Å². The molecule has 5 heteroatoms. The van der Waals surface area contributed by atoms with Crippen LogP contribution in [0.25, 0.3) is 0 Å². The molecule has 0 spiro atoms. The van der Waals surface area contributed by atoms with Gasteiger partial charge in [0, 0.05) is 43.3 Å². The number of aliphatic hydroxyl groups excluding tert-OH is 1. The van der Waals surface area contributed by atoms with Crippen molar-refractivity contribution < 1.29 is 9.90 Å². The molecule has 4 nitrogen and oxygen atoms in total. The minimum atomic E-state index is -0.270. The highest BCUT2D eigenvalue weighted by Gasteiger charge is 2.22. The van der Waals surface area contributed by atoms with Gasteiger partial charge < -0.3 is 10.0 Å². The number of carbonyl (C=O) groups excluding carboxylic acids is 1. The van der Waals surface area contributed by atoms with Gasteiger partial charge in [0.1, 0.15) is 0 Å². The molecule has 0 saturated carbocycles. The molecule has 1 aliphatic heterocycles. The van der Waals surface area contributed by atoms with Crippen LogP contribution < -0.4 is 0 Å². The van der Waals surface area contributed by atoms with Crippen LogP contribution in [0.2, 0.25) is 5.02 Å². The summed E-state index contributed by atoms with van der Waals surface area (Å²) in [5, 5.41) is 10.3. The molecular weight excluding hydrogens is 276 g/mol. The van der Waals surface area contributed by atoms with Gasteiger partial charge in [0.05, 0.1) is 6.10 Å². The lowest BCUT2D eigenvalue weighted by Crippen LogP contribution is -2.50. The number of hydrogen-bond acceptors (Lipinski definition) is 3. The van der Waals surface area contributed by atoms with Crippen LogP contribution >= 0.6 is 11.6 Å². The van der Waals surface area contributed by atoms with E-state index < -0.39 is 0 Å². The van der Waals surface area contributed by atoms with E-state index in [4.69, 9.17) is 11.6 Å². The monoisotopic (exact) mass is 296 g/mol. The summed E-state index contributed by atoms with van der Waals surface area (Å²) in [4.78, 5) is 16.4. The smallest absolute Gasteiger partial charge is 0.253 e. The second kappa shape index (κ2) is 7.07. The Kier molecular flexibility index (Phi) is 5.40. The van der Waals surface area contributed by atoms with Crippen LogP contribution in [0.3, 0.4) is 0 Å². The Morgan fingerprint density at radius 2 is 1.85 bits per heavy atom. The number of piperazine rings is 1. The summed E-state index contributed by atoms with van der Waals surface area (Å²) in [5.41, 5.74) is 0.677. The minimum absolute atomic E-state index is 0.0531. The summed E-state index contributed by atoms with van der Waals surface area (Å²) >= 11 is 5.83. The zero-order valence-electron chi connectivity index (χ0n) is 11.8. The average molecular weight is 297 g/mol. The molecule has 1 atom stereocenters. The number of carbonyl (C=O) groups is 1. The molecule has 1 aromatic carbocycles. The van der Waals surface area contributed by atoms with Gasteiger partial charge in [-0.1, -0.05) is 18.5 Å². The van der Waals surface area contributed by atoms with Crippen LogP contribution in [0.15, 0.2) is 24.3 Å². The van der Waals surface area contributed by atoms with Crippen LogP contribution in [0.1, 0.15) is 23.7 Å². The highest BCUT2D eigenvalue weighted by Crippen LogP contribution is 2.13. The van der Waals surface area contributed by atoms with Crippen LogP contribution in [-0.4, -0.2) is 59.6 Å². The molecule has 0 aromatic heterocycles. The molecule has 110 valence electrons. The summed E-state index contributed by atoms with van der Waals surface area (Å²) in [6, 6.07) is 7.00. The molecule has 1 fully saturated rings. The van der Waals surface area contributed by atoms with E-state index in [1.54, 1.807) is 24.3 Å². The third-order valence-electron chi connectivity index (χ3n) is 3.69. The number of benzene rings is 1. The zero-order chi connectivity index (χ0) is 14.5. The maximum Gasteiger partial charge on any atom is 0.253 e. The number of rotatable bonds is 4. The fraction of sp³-hybridized carbons (Fsp3) is 0.533. The van der Waals surface area contributed by atoms with Gasteiger partial charge in [-0.15, -0.1) is 0 Å². The Balaban J connectivity index is 1.87. The minimum Gasteiger partial charge on any atom is -0.392 e. The lowest BCUT2D eigenvalue weighted by atomic mass is 10.1. The van der Waals surface area contributed by atoms with Crippen molar-refractivity contribution in [2.45, 2.75) is 19.4 Å². The van der Waals surface area contributed by atoms with Gasteiger partial charge in [-0.2, -0.15) is 0 Å². The zero-order valence-corrected chi connectivity index (χ0v) is 12.5. The molecule has 1 saturated heterocycles. The van der Waals surface area contributed by atoms with Crippen molar-refractivity contribution in [1.29, 1.82) is 0 Å². The molecule has 1 amide bonds. The van der Waals surface area contributed by atoms with Crippen LogP contribution in [0, 0.1) is 0 Å². The summed E-state index contributed by atoms with van der Waals surface area (Å²) in [5.74, 6) is 0.0531. The molecular formula is C15H21ClN2O2. The number of halogens is 1. The molecule has 1 heterocycles. The first-order valence-electron chi connectivity index (χ1n) is 7.05. The number of β-amino-alcohol motifs (C(OH)–C–C–N with tert-alkyl or cyclic N) is 1. The fourth-order valence-corrected chi connectivity index (χ4v) is 2.46. The van der Waals surface area contributed by atoms with Crippen molar-refractivity contribution in [3.8, 4) is 0 Å². The van der Waals surface area contributed by atoms with E-state index in [1.165, 1.54) is 0 Å². The molecule has 0 radical (unpaired) electrons.